The van der Waals surface area contributed by atoms with Crippen molar-refractivity contribution >= 4 is 11.7 Å². The van der Waals surface area contributed by atoms with Gasteiger partial charge in [0.15, 0.2) is 0 Å². The number of phenols is 1. The lowest BCUT2D eigenvalue weighted by atomic mass is 10.1. The molecule has 0 aliphatic heterocycles. The zero-order valence-electron chi connectivity index (χ0n) is 12.6. The fourth-order valence-corrected chi connectivity index (χ4v) is 2.33. The molecule has 0 amide bonds. The Labute approximate surface area is 138 Å². The van der Waals surface area contributed by atoms with Crippen LogP contribution in [0.25, 0.3) is 11.1 Å². The van der Waals surface area contributed by atoms with Crippen LogP contribution in [0.1, 0.15) is 10.4 Å². The van der Waals surface area contributed by atoms with Crippen LogP contribution < -0.4 is 10.5 Å². The molecule has 3 rings (SSSR count). The third-order valence-corrected chi connectivity index (χ3v) is 3.54. The first-order valence-electron chi connectivity index (χ1n) is 7.24. The molecule has 0 saturated heterocycles. The molecule has 5 nitrogen and oxygen atoms in total. The summed E-state index contributed by atoms with van der Waals surface area (Å²) in [5.74, 6) is -0.834. The molecular formula is C19H15NO4. The molecule has 24 heavy (non-hydrogen) atoms. The molecule has 0 aliphatic rings. The van der Waals surface area contributed by atoms with E-state index >= 15 is 0 Å². The molecule has 0 aromatic heterocycles. The van der Waals surface area contributed by atoms with Crippen molar-refractivity contribution in [1.82, 2.24) is 0 Å². The van der Waals surface area contributed by atoms with Gasteiger partial charge in [-0.25, -0.2) is 4.79 Å². The summed E-state index contributed by atoms with van der Waals surface area (Å²) in [5.41, 5.74) is 8.30. The van der Waals surface area contributed by atoms with E-state index in [1.54, 1.807) is 12.1 Å². The van der Waals surface area contributed by atoms with Gasteiger partial charge in [0.05, 0.1) is 5.69 Å². The molecule has 120 valence electrons. The van der Waals surface area contributed by atoms with Crippen molar-refractivity contribution in [3.63, 3.8) is 0 Å². The van der Waals surface area contributed by atoms with Crippen LogP contribution >= 0.6 is 0 Å². The van der Waals surface area contributed by atoms with E-state index in [0.717, 1.165) is 11.1 Å². The number of anilines is 1. The number of hydrogen-bond acceptors (Lipinski definition) is 4. The van der Waals surface area contributed by atoms with Crippen LogP contribution in [0.2, 0.25) is 0 Å². The number of carboxylic acids is 1. The predicted octanol–water partition coefficient (Wildman–Crippen LogP) is 4.13. The molecule has 0 spiro atoms. The molecule has 3 aromatic carbocycles. The molecule has 0 bridgehead atoms. The number of carbonyl (C=O) groups is 1. The summed E-state index contributed by atoms with van der Waals surface area (Å²) in [6, 6.07) is 19.2. The van der Waals surface area contributed by atoms with E-state index in [2.05, 4.69) is 0 Å². The van der Waals surface area contributed by atoms with Gasteiger partial charge in [0.1, 0.15) is 22.8 Å². The van der Waals surface area contributed by atoms with Crippen molar-refractivity contribution in [2.45, 2.75) is 0 Å². The van der Waals surface area contributed by atoms with Gasteiger partial charge in [-0.1, -0.05) is 36.4 Å². The fourth-order valence-electron chi connectivity index (χ4n) is 2.33. The molecule has 3 aromatic rings. The Morgan fingerprint density at radius 2 is 1.67 bits per heavy atom. The summed E-state index contributed by atoms with van der Waals surface area (Å²) in [6.45, 7) is 0. The third-order valence-electron chi connectivity index (χ3n) is 3.54. The van der Waals surface area contributed by atoms with Crippen LogP contribution in [0.3, 0.4) is 0 Å². The van der Waals surface area contributed by atoms with E-state index < -0.39 is 5.97 Å². The Hall–Kier alpha value is -3.47. The molecule has 4 N–H and O–H groups in total. The third kappa shape index (κ3) is 3.15. The Morgan fingerprint density at radius 3 is 2.29 bits per heavy atom. The average molecular weight is 321 g/mol. The lowest BCUT2D eigenvalue weighted by Crippen LogP contribution is -1.97. The normalized spacial score (nSPS) is 10.3. The molecule has 0 radical (unpaired) electrons. The van der Waals surface area contributed by atoms with Gasteiger partial charge in [0.2, 0.25) is 0 Å². The number of ether oxygens (including phenoxy) is 1. The highest BCUT2D eigenvalue weighted by atomic mass is 16.5. The van der Waals surface area contributed by atoms with Gasteiger partial charge >= 0.3 is 5.97 Å². The Morgan fingerprint density at radius 1 is 0.917 bits per heavy atom. The van der Waals surface area contributed by atoms with Gasteiger partial charge in [-0.3, -0.25) is 0 Å². The number of aromatic hydroxyl groups is 1. The Kier molecular flexibility index (Phi) is 4.07. The van der Waals surface area contributed by atoms with Crippen molar-refractivity contribution < 1.29 is 19.7 Å². The molecule has 0 fully saturated rings. The summed E-state index contributed by atoms with van der Waals surface area (Å²) in [6.07, 6.45) is 0. The quantitative estimate of drug-likeness (QED) is 0.628. The minimum atomic E-state index is -1.20. The molecule has 0 unspecified atom stereocenters. The van der Waals surface area contributed by atoms with E-state index in [1.165, 1.54) is 18.2 Å². The number of nitrogen functional groups attached to an aromatic ring is 1. The van der Waals surface area contributed by atoms with E-state index in [9.17, 15) is 9.90 Å². The maximum absolute atomic E-state index is 10.9. The first kappa shape index (κ1) is 15.4. The lowest BCUT2D eigenvalue weighted by molar-refractivity contribution is 0.0693. The largest absolute Gasteiger partial charge is 0.507 e. The van der Waals surface area contributed by atoms with Crippen LogP contribution in [0, 0.1) is 0 Å². The van der Waals surface area contributed by atoms with Gasteiger partial charge in [-0.2, -0.15) is 0 Å². The molecule has 0 atom stereocenters. The Bertz CT molecular complexity index is 891. The molecule has 0 heterocycles. The summed E-state index contributed by atoms with van der Waals surface area (Å²) in [7, 11) is 0. The van der Waals surface area contributed by atoms with Crippen molar-refractivity contribution in [2.24, 2.45) is 0 Å². The van der Waals surface area contributed by atoms with Gasteiger partial charge in [-0.15, -0.1) is 0 Å². The van der Waals surface area contributed by atoms with Gasteiger partial charge < -0.3 is 20.7 Å². The van der Waals surface area contributed by atoms with Crippen LogP contribution in [0.4, 0.5) is 5.69 Å². The molecule has 0 saturated carbocycles. The van der Waals surface area contributed by atoms with Crippen LogP contribution in [-0.2, 0) is 0 Å². The predicted molar refractivity (Wildman–Crippen MR) is 91.4 cm³/mol. The maximum Gasteiger partial charge on any atom is 0.339 e. The maximum atomic E-state index is 10.9. The van der Waals surface area contributed by atoms with Crippen molar-refractivity contribution in [2.75, 3.05) is 5.73 Å². The number of hydrogen-bond donors (Lipinski definition) is 3. The lowest BCUT2D eigenvalue weighted by Gasteiger charge is -2.11. The second-order valence-electron chi connectivity index (χ2n) is 5.20. The fraction of sp³-hybridized carbons (Fsp3) is 0. The second-order valence-corrected chi connectivity index (χ2v) is 5.20. The van der Waals surface area contributed by atoms with E-state index in [4.69, 9.17) is 15.6 Å². The summed E-state index contributed by atoms with van der Waals surface area (Å²) >= 11 is 0. The zero-order valence-corrected chi connectivity index (χ0v) is 12.6. The highest BCUT2D eigenvalue weighted by molar-refractivity contribution is 5.91. The summed E-state index contributed by atoms with van der Waals surface area (Å²) < 4.78 is 5.64. The second kappa shape index (κ2) is 6.34. The van der Waals surface area contributed by atoms with E-state index in [-0.39, 0.29) is 11.3 Å². The summed E-state index contributed by atoms with van der Waals surface area (Å²) in [5, 5.41) is 18.6. The van der Waals surface area contributed by atoms with Crippen LogP contribution in [0.15, 0.2) is 66.7 Å². The van der Waals surface area contributed by atoms with E-state index in [0.29, 0.717) is 17.2 Å². The number of aromatic carboxylic acids is 1. The number of rotatable bonds is 4. The monoisotopic (exact) mass is 321 g/mol. The zero-order chi connectivity index (χ0) is 17.1. The molecule has 0 aliphatic carbocycles. The average Bonchev–Trinajstić information content (AvgIpc) is 2.57. The molecular weight excluding hydrogens is 306 g/mol. The molecule has 5 heteroatoms. The number of benzene rings is 3. The SMILES string of the molecule is Nc1cc(-c2ccccc2)ccc1Oc1ccc(C(=O)O)c(O)c1. The number of carboxylic acid groups (broad SMARTS) is 1. The Balaban J connectivity index is 1.86. The van der Waals surface area contributed by atoms with Crippen molar-refractivity contribution in [3.8, 4) is 28.4 Å². The topological polar surface area (TPSA) is 92.8 Å². The highest BCUT2D eigenvalue weighted by Crippen LogP contribution is 2.33. The summed E-state index contributed by atoms with van der Waals surface area (Å²) in [4.78, 5) is 10.9. The van der Waals surface area contributed by atoms with Gasteiger partial charge in [0.25, 0.3) is 0 Å². The first-order chi connectivity index (χ1) is 11.5. The van der Waals surface area contributed by atoms with Crippen LogP contribution in [-0.4, -0.2) is 16.2 Å². The minimum absolute atomic E-state index is 0.185. The number of nitrogens with two attached hydrogens (primary N) is 1. The first-order valence-corrected chi connectivity index (χ1v) is 7.24. The van der Waals surface area contributed by atoms with Crippen molar-refractivity contribution in [1.29, 1.82) is 0 Å². The standard InChI is InChI=1S/C19H15NO4/c20-16-10-13(12-4-2-1-3-5-12)6-9-18(16)24-14-7-8-15(19(22)23)17(21)11-14/h1-11,21H,20H2,(H,22,23). The van der Waals surface area contributed by atoms with Gasteiger partial charge in [-0.05, 0) is 35.4 Å². The van der Waals surface area contributed by atoms with Crippen LogP contribution in [0.5, 0.6) is 17.2 Å². The highest BCUT2D eigenvalue weighted by Gasteiger charge is 2.11. The van der Waals surface area contributed by atoms with Gasteiger partial charge in [0, 0.05) is 6.07 Å². The minimum Gasteiger partial charge on any atom is -0.507 e. The smallest absolute Gasteiger partial charge is 0.339 e. The van der Waals surface area contributed by atoms with Crippen molar-refractivity contribution in [3.05, 3.63) is 72.3 Å². The van der Waals surface area contributed by atoms with E-state index in [1.807, 2.05) is 36.4 Å².